The first kappa shape index (κ1) is 21.9. The van der Waals surface area contributed by atoms with E-state index in [-0.39, 0.29) is 11.9 Å². The van der Waals surface area contributed by atoms with Crippen molar-refractivity contribution in [1.29, 1.82) is 0 Å². The SMILES string of the molecule is CCNC(=NCCC(c1ccccc1)c1ccccc1)NC1CCN(C(=O)CC)C1. The third kappa shape index (κ3) is 6.09. The van der Waals surface area contributed by atoms with E-state index in [1.165, 1.54) is 11.1 Å². The van der Waals surface area contributed by atoms with E-state index >= 15 is 0 Å². The number of guanidine groups is 1. The van der Waals surface area contributed by atoms with Gasteiger partial charge < -0.3 is 15.5 Å². The number of hydrogen-bond donors (Lipinski definition) is 2. The number of amides is 1. The number of hydrogen-bond acceptors (Lipinski definition) is 2. The Morgan fingerprint density at radius 2 is 1.70 bits per heavy atom. The Bertz CT molecular complexity index is 767. The van der Waals surface area contributed by atoms with Gasteiger partial charge in [-0.25, -0.2) is 0 Å². The van der Waals surface area contributed by atoms with Gasteiger partial charge in [-0.2, -0.15) is 0 Å². The number of nitrogens with zero attached hydrogens (tertiary/aromatic N) is 2. The van der Waals surface area contributed by atoms with Gasteiger partial charge in [-0.3, -0.25) is 9.79 Å². The first-order valence-electron chi connectivity index (χ1n) is 11.1. The summed E-state index contributed by atoms with van der Waals surface area (Å²) >= 11 is 0. The Hall–Kier alpha value is -2.82. The number of likely N-dealkylation sites (tertiary alicyclic amines) is 1. The van der Waals surface area contributed by atoms with Crippen LogP contribution >= 0.6 is 0 Å². The van der Waals surface area contributed by atoms with Crippen LogP contribution in [0.3, 0.4) is 0 Å². The number of nitrogens with one attached hydrogen (secondary N) is 2. The van der Waals surface area contributed by atoms with Crippen LogP contribution in [-0.2, 0) is 4.79 Å². The fourth-order valence-electron chi connectivity index (χ4n) is 4.04. The Kier molecular flexibility index (Phi) is 8.30. The molecule has 0 aliphatic carbocycles. The molecule has 0 saturated carbocycles. The molecule has 1 unspecified atom stereocenters. The minimum Gasteiger partial charge on any atom is -0.357 e. The van der Waals surface area contributed by atoms with Crippen molar-refractivity contribution in [2.24, 2.45) is 4.99 Å². The average Bonchev–Trinajstić information content (AvgIpc) is 3.26. The molecule has 1 aliphatic heterocycles. The standard InChI is InChI=1S/C25H34N4O/c1-3-24(30)29-18-16-22(19-29)28-25(26-4-2)27-17-15-23(20-11-7-5-8-12-20)21-13-9-6-10-14-21/h5-14,22-23H,3-4,15-19H2,1-2H3,(H2,26,27,28). The van der Waals surface area contributed by atoms with Gasteiger partial charge in [0.2, 0.25) is 5.91 Å². The topological polar surface area (TPSA) is 56.7 Å². The van der Waals surface area contributed by atoms with Gasteiger partial charge in [-0.1, -0.05) is 67.6 Å². The second-order valence-corrected chi connectivity index (χ2v) is 7.75. The summed E-state index contributed by atoms with van der Waals surface area (Å²) < 4.78 is 0. The van der Waals surface area contributed by atoms with Crippen molar-refractivity contribution in [2.45, 2.75) is 45.1 Å². The highest BCUT2D eigenvalue weighted by Gasteiger charge is 2.25. The van der Waals surface area contributed by atoms with Crippen molar-refractivity contribution in [1.82, 2.24) is 15.5 Å². The molecule has 0 bridgehead atoms. The van der Waals surface area contributed by atoms with Crippen molar-refractivity contribution >= 4 is 11.9 Å². The average molecular weight is 407 g/mol. The van der Waals surface area contributed by atoms with Crippen molar-refractivity contribution < 1.29 is 4.79 Å². The predicted molar refractivity (Wildman–Crippen MR) is 124 cm³/mol. The van der Waals surface area contributed by atoms with Crippen LogP contribution < -0.4 is 10.6 Å². The molecule has 2 aromatic rings. The monoisotopic (exact) mass is 406 g/mol. The molecule has 160 valence electrons. The van der Waals surface area contributed by atoms with Crippen LogP contribution in [0.4, 0.5) is 0 Å². The molecular weight excluding hydrogens is 372 g/mol. The summed E-state index contributed by atoms with van der Waals surface area (Å²) in [5.74, 6) is 1.39. The summed E-state index contributed by atoms with van der Waals surface area (Å²) in [5, 5.41) is 6.88. The Labute approximate surface area is 180 Å². The largest absolute Gasteiger partial charge is 0.357 e. The summed E-state index contributed by atoms with van der Waals surface area (Å²) in [7, 11) is 0. The fraction of sp³-hybridized carbons (Fsp3) is 0.440. The molecular formula is C25H34N4O. The molecule has 0 radical (unpaired) electrons. The third-order valence-electron chi connectivity index (χ3n) is 5.62. The maximum absolute atomic E-state index is 11.9. The zero-order valence-corrected chi connectivity index (χ0v) is 18.2. The molecule has 30 heavy (non-hydrogen) atoms. The van der Waals surface area contributed by atoms with E-state index in [1.807, 2.05) is 11.8 Å². The third-order valence-corrected chi connectivity index (χ3v) is 5.62. The maximum atomic E-state index is 11.9. The molecule has 1 atom stereocenters. The predicted octanol–water partition coefficient (Wildman–Crippen LogP) is 3.77. The molecule has 1 saturated heterocycles. The molecule has 0 spiro atoms. The lowest BCUT2D eigenvalue weighted by molar-refractivity contribution is -0.129. The van der Waals surface area contributed by atoms with Crippen molar-refractivity contribution in [3.63, 3.8) is 0 Å². The van der Waals surface area contributed by atoms with E-state index in [2.05, 4.69) is 78.2 Å². The van der Waals surface area contributed by atoms with Gasteiger partial charge in [0.25, 0.3) is 0 Å². The summed E-state index contributed by atoms with van der Waals surface area (Å²) in [4.78, 5) is 18.7. The van der Waals surface area contributed by atoms with Gasteiger partial charge in [0.15, 0.2) is 5.96 Å². The lowest BCUT2D eigenvalue weighted by Crippen LogP contribution is -2.45. The number of benzene rings is 2. The summed E-state index contributed by atoms with van der Waals surface area (Å²) in [6.45, 7) is 7.13. The van der Waals surface area contributed by atoms with Gasteiger partial charge in [0.1, 0.15) is 0 Å². The van der Waals surface area contributed by atoms with Crippen LogP contribution in [0.1, 0.15) is 50.2 Å². The van der Waals surface area contributed by atoms with Gasteiger partial charge in [0, 0.05) is 44.6 Å². The summed E-state index contributed by atoms with van der Waals surface area (Å²) in [5.41, 5.74) is 2.64. The lowest BCUT2D eigenvalue weighted by Gasteiger charge is -2.20. The lowest BCUT2D eigenvalue weighted by atomic mass is 9.89. The minimum atomic E-state index is 0.231. The minimum absolute atomic E-state index is 0.231. The van der Waals surface area contributed by atoms with Crippen molar-refractivity contribution in [2.75, 3.05) is 26.2 Å². The van der Waals surface area contributed by atoms with Crippen molar-refractivity contribution in [3.05, 3.63) is 71.8 Å². The second kappa shape index (κ2) is 11.4. The van der Waals surface area contributed by atoms with Crippen molar-refractivity contribution in [3.8, 4) is 0 Å². The Morgan fingerprint density at radius 3 is 2.27 bits per heavy atom. The van der Waals surface area contributed by atoms with Gasteiger partial charge in [-0.15, -0.1) is 0 Å². The molecule has 0 aromatic heterocycles. The molecule has 2 N–H and O–H groups in total. The molecule has 1 fully saturated rings. The molecule has 5 heteroatoms. The summed E-state index contributed by atoms with van der Waals surface area (Å²) in [6, 6.07) is 21.6. The number of rotatable bonds is 8. The first-order chi connectivity index (χ1) is 14.7. The number of carbonyl (C=O) groups is 1. The molecule has 1 aliphatic rings. The van der Waals surface area contributed by atoms with Crippen LogP contribution in [0.5, 0.6) is 0 Å². The molecule has 5 nitrogen and oxygen atoms in total. The van der Waals surface area contributed by atoms with E-state index in [9.17, 15) is 4.79 Å². The highest BCUT2D eigenvalue weighted by Crippen LogP contribution is 2.27. The molecule has 1 heterocycles. The number of carbonyl (C=O) groups excluding carboxylic acids is 1. The van der Waals surface area contributed by atoms with E-state index in [0.29, 0.717) is 12.3 Å². The molecule has 2 aromatic carbocycles. The van der Waals surface area contributed by atoms with E-state index < -0.39 is 0 Å². The zero-order valence-electron chi connectivity index (χ0n) is 18.2. The van der Waals surface area contributed by atoms with E-state index in [4.69, 9.17) is 4.99 Å². The van der Waals surface area contributed by atoms with E-state index in [0.717, 1.165) is 45.0 Å². The van der Waals surface area contributed by atoms with Gasteiger partial charge in [-0.05, 0) is 30.9 Å². The second-order valence-electron chi connectivity index (χ2n) is 7.75. The fourth-order valence-corrected chi connectivity index (χ4v) is 4.04. The Balaban J connectivity index is 1.64. The zero-order chi connectivity index (χ0) is 21.2. The smallest absolute Gasteiger partial charge is 0.222 e. The quantitative estimate of drug-likeness (QED) is 0.518. The normalized spacial score (nSPS) is 16.7. The van der Waals surface area contributed by atoms with Crippen LogP contribution in [0.15, 0.2) is 65.7 Å². The highest BCUT2D eigenvalue weighted by atomic mass is 16.2. The number of aliphatic imine (C=N–C) groups is 1. The molecule has 3 rings (SSSR count). The van der Waals surface area contributed by atoms with E-state index in [1.54, 1.807) is 0 Å². The van der Waals surface area contributed by atoms with Gasteiger partial charge in [0.05, 0.1) is 0 Å². The van der Waals surface area contributed by atoms with Crippen LogP contribution in [-0.4, -0.2) is 49.0 Å². The summed E-state index contributed by atoms with van der Waals surface area (Å²) in [6.07, 6.45) is 2.48. The first-order valence-corrected chi connectivity index (χ1v) is 11.1. The van der Waals surface area contributed by atoms with Crippen LogP contribution in [0, 0.1) is 0 Å². The molecule has 1 amide bonds. The van der Waals surface area contributed by atoms with Crippen LogP contribution in [0.2, 0.25) is 0 Å². The maximum Gasteiger partial charge on any atom is 0.222 e. The Morgan fingerprint density at radius 1 is 1.07 bits per heavy atom. The highest BCUT2D eigenvalue weighted by molar-refractivity contribution is 5.80. The van der Waals surface area contributed by atoms with Gasteiger partial charge >= 0.3 is 0 Å². The van der Waals surface area contributed by atoms with Crippen LogP contribution in [0.25, 0.3) is 0 Å².